The Morgan fingerprint density at radius 2 is 1.53 bits per heavy atom. The molecule has 2 aliphatic heterocycles. The lowest BCUT2D eigenvalue weighted by Crippen LogP contribution is -2.33. The third kappa shape index (κ3) is 3.87. The number of aryl methyl sites for hydroxylation is 1. The van der Waals surface area contributed by atoms with Crippen LogP contribution in [-0.4, -0.2) is 33.1 Å². The van der Waals surface area contributed by atoms with E-state index in [0.29, 0.717) is 39.0 Å². The number of thioether (sulfide) groups is 1. The molecule has 8 heteroatoms. The molecule has 3 aromatic rings. The van der Waals surface area contributed by atoms with E-state index in [0.717, 1.165) is 22.6 Å². The summed E-state index contributed by atoms with van der Waals surface area (Å²) < 4.78 is 16.7. The minimum Gasteiger partial charge on any atom is -0.496 e. The lowest BCUT2D eigenvalue weighted by molar-refractivity contribution is -0.120. The molecule has 1 atom stereocenters. The van der Waals surface area contributed by atoms with Crippen molar-refractivity contribution in [1.82, 2.24) is 0 Å². The molecule has 184 valence electrons. The van der Waals surface area contributed by atoms with Gasteiger partial charge in [-0.15, -0.1) is 0 Å². The number of carbonyl (C=O) groups is 2. The van der Waals surface area contributed by atoms with Crippen LogP contribution in [0.3, 0.4) is 0 Å². The molecule has 36 heavy (non-hydrogen) atoms. The number of nitrogens with zero attached hydrogens (tertiary/aromatic N) is 1. The number of para-hydroxylation sites is 1. The van der Waals surface area contributed by atoms with Gasteiger partial charge in [0, 0.05) is 22.2 Å². The largest absolute Gasteiger partial charge is 0.496 e. The van der Waals surface area contributed by atoms with E-state index in [9.17, 15) is 9.59 Å². The van der Waals surface area contributed by atoms with E-state index in [2.05, 4.69) is 12.2 Å². The molecule has 5 rings (SSSR count). The zero-order valence-corrected chi connectivity index (χ0v) is 21.3. The van der Waals surface area contributed by atoms with E-state index < -0.39 is 6.04 Å². The topological polar surface area (TPSA) is 77.1 Å². The molecule has 1 N–H and O–H groups in total. The molecule has 0 spiro atoms. The van der Waals surface area contributed by atoms with E-state index in [-0.39, 0.29) is 11.8 Å². The normalized spacial score (nSPS) is 16.8. The summed E-state index contributed by atoms with van der Waals surface area (Å²) in [7, 11) is 4.66. The number of fused-ring (bicyclic) bond motifs is 1. The molecule has 0 unspecified atom stereocenters. The standard InChI is InChI=1S/C28H26N2O5S/c1-5-16-10-12-17(13-11-16)30-27(31)24-25(18-14-21(34-3)22(35-4)15-20(18)33-2)29-19-8-6-7-9-23(19)36-26(24)28(30)32/h6-15,25,29H,5H2,1-4H3/t25-/m1/s1. The Morgan fingerprint density at radius 1 is 0.861 bits per heavy atom. The fourth-order valence-corrected chi connectivity index (χ4v) is 5.62. The maximum atomic E-state index is 14.0. The van der Waals surface area contributed by atoms with Gasteiger partial charge in [0.25, 0.3) is 11.8 Å². The molecule has 0 aromatic heterocycles. The van der Waals surface area contributed by atoms with Crippen LogP contribution in [0.2, 0.25) is 0 Å². The summed E-state index contributed by atoms with van der Waals surface area (Å²) in [6.07, 6.45) is 0.870. The van der Waals surface area contributed by atoms with Gasteiger partial charge in [0.2, 0.25) is 0 Å². The maximum Gasteiger partial charge on any atom is 0.272 e. The van der Waals surface area contributed by atoms with E-state index in [1.807, 2.05) is 48.5 Å². The predicted molar refractivity (Wildman–Crippen MR) is 140 cm³/mol. The van der Waals surface area contributed by atoms with Crippen LogP contribution in [0.4, 0.5) is 11.4 Å². The van der Waals surface area contributed by atoms with Crippen molar-refractivity contribution in [3.8, 4) is 17.2 Å². The summed E-state index contributed by atoms with van der Waals surface area (Å²) in [5.41, 5.74) is 3.52. The van der Waals surface area contributed by atoms with E-state index in [1.165, 1.54) is 16.7 Å². The molecule has 0 radical (unpaired) electrons. The second kappa shape index (κ2) is 9.62. The number of rotatable bonds is 6. The van der Waals surface area contributed by atoms with Crippen LogP contribution in [0.5, 0.6) is 17.2 Å². The van der Waals surface area contributed by atoms with Gasteiger partial charge >= 0.3 is 0 Å². The highest BCUT2D eigenvalue weighted by atomic mass is 32.2. The molecule has 2 amide bonds. The van der Waals surface area contributed by atoms with Gasteiger partial charge in [-0.05, 0) is 42.3 Å². The first kappa shape index (κ1) is 23.8. The Hall–Kier alpha value is -3.91. The molecular formula is C28H26N2O5S. The molecule has 2 aliphatic rings. The second-order valence-corrected chi connectivity index (χ2v) is 9.39. The highest BCUT2D eigenvalue weighted by Crippen LogP contribution is 2.50. The molecule has 7 nitrogen and oxygen atoms in total. The number of imide groups is 1. The van der Waals surface area contributed by atoms with Crippen molar-refractivity contribution in [1.29, 1.82) is 0 Å². The first-order chi connectivity index (χ1) is 17.5. The Kier molecular flexibility index (Phi) is 6.36. The number of ether oxygens (including phenoxy) is 3. The van der Waals surface area contributed by atoms with Crippen molar-refractivity contribution in [3.05, 3.63) is 82.3 Å². The Labute approximate surface area is 214 Å². The van der Waals surface area contributed by atoms with Crippen LogP contribution < -0.4 is 24.4 Å². The Balaban J connectivity index is 1.68. The number of hydrogen-bond donors (Lipinski definition) is 1. The Morgan fingerprint density at radius 3 is 2.19 bits per heavy atom. The van der Waals surface area contributed by atoms with E-state index in [4.69, 9.17) is 14.2 Å². The first-order valence-electron chi connectivity index (χ1n) is 11.6. The zero-order chi connectivity index (χ0) is 25.4. The van der Waals surface area contributed by atoms with Crippen LogP contribution in [0.15, 0.2) is 76.0 Å². The summed E-state index contributed by atoms with van der Waals surface area (Å²) in [4.78, 5) is 30.2. The lowest BCUT2D eigenvalue weighted by Gasteiger charge is -2.25. The van der Waals surface area contributed by atoms with Crippen LogP contribution in [0.25, 0.3) is 0 Å². The van der Waals surface area contributed by atoms with Crippen molar-refractivity contribution in [2.24, 2.45) is 0 Å². The summed E-state index contributed by atoms with van der Waals surface area (Å²) in [6, 6.07) is 18.1. The van der Waals surface area contributed by atoms with Crippen molar-refractivity contribution < 1.29 is 23.8 Å². The number of hydrogen-bond acceptors (Lipinski definition) is 7. The van der Waals surface area contributed by atoms with Gasteiger partial charge < -0.3 is 19.5 Å². The summed E-state index contributed by atoms with van der Waals surface area (Å²) in [5.74, 6) is 0.793. The van der Waals surface area contributed by atoms with Crippen LogP contribution in [-0.2, 0) is 16.0 Å². The maximum absolute atomic E-state index is 14.0. The second-order valence-electron chi connectivity index (χ2n) is 8.33. The van der Waals surface area contributed by atoms with Gasteiger partial charge in [-0.3, -0.25) is 9.59 Å². The third-order valence-electron chi connectivity index (χ3n) is 6.41. The minimum atomic E-state index is -0.665. The van der Waals surface area contributed by atoms with Crippen molar-refractivity contribution in [3.63, 3.8) is 0 Å². The van der Waals surface area contributed by atoms with Crippen LogP contribution in [0, 0.1) is 0 Å². The lowest BCUT2D eigenvalue weighted by atomic mass is 9.96. The average molecular weight is 503 g/mol. The summed E-state index contributed by atoms with van der Waals surface area (Å²) in [6.45, 7) is 2.06. The van der Waals surface area contributed by atoms with E-state index >= 15 is 0 Å². The van der Waals surface area contributed by atoms with Crippen molar-refractivity contribution in [2.75, 3.05) is 31.5 Å². The number of carbonyl (C=O) groups excluding carboxylic acids is 2. The van der Waals surface area contributed by atoms with Gasteiger partial charge in [-0.1, -0.05) is 43.0 Å². The van der Waals surface area contributed by atoms with Gasteiger partial charge in [0.1, 0.15) is 5.75 Å². The van der Waals surface area contributed by atoms with Gasteiger partial charge in [-0.2, -0.15) is 0 Å². The molecule has 0 saturated heterocycles. The molecule has 0 bridgehead atoms. The van der Waals surface area contributed by atoms with Crippen molar-refractivity contribution in [2.45, 2.75) is 24.3 Å². The molecule has 3 aromatic carbocycles. The molecule has 0 saturated carbocycles. The van der Waals surface area contributed by atoms with E-state index in [1.54, 1.807) is 33.5 Å². The number of anilines is 2. The third-order valence-corrected chi connectivity index (χ3v) is 7.59. The number of methoxy groups -OCH3 is 3. The van der Waals surface area contributed by atoms with Gasteiger partial charge in [-0.25, -0.2) is 4.90 Å². The number of amides is 2. The molecular weight excluding hydrogens is 476 g/mol. The zero-order valence-electron chi connectivity index (χ0n) is 20.5. The fraction of sp³-hybridized carbons (Fsp3) is 0.214. The van der Waals surface area contributed by atoms with Crippen LogP contribution >= 0.6 is 11.8 Å². The fourth-order valence-electron chi connectivity index (χ4n) is 4.52. The molecule has 0 aliphatic carbocycles. The van der Waals surface area contributed by atoms with Crippen LogP contribution in [0.1, 0.15) is 24.1 Å². The predicted octanol–water partition coefficient (Wildman–Crippen LogP) is 5.36. The van der Waals surface area contributed by atoms with Crippen molar-refractivity contribution >= 4 is 35.0 Å². The highest BCUT2D eigenvalue weighted by molar-refractivity contribution is 8.04. The smallest absolute Gasteiger partial charge is 0.272 e. The molecule has 0 fully saturated rings. The number of benzene rings is 3. The first-order valence-corrected chi connectivity index (χ1v) is 12.4. The minimum absolute atomic E-state index is 0.341. The Bertz CT molecular complexity index is 1380. The number of nitrogens with one attached hydrogen (secondary N) is 1. The van der Waals surface area contributed by atoms with Gasteiger partial charge in [0.05, 0.1) is 43.5 Å². The summed E-state index contributed by atoms with van der Waals surface area (Å²) >= 11 is 1.30. The molecule has 2 heterocycles. The highest BCUT2D eigenvalue weighted by Gasteiger charge is 2.46. The summed E-state index contributed by atoms with van der Waals surface area (Å²) in [5, 5.41) is 3.50. The monoisotopic (exact) mass is 502 g/mol. The SMILES string of the molecule is CCc1ccc(N2C(=O)C3=C(C2=O)[C@@H](c2cc(OC)c(OC)cc2OC)Nc2ccccc2S3)cc1. The van der Waals surface area contributed by atoms with Gasteiger partial charge in [0.15, 0.2) is 11.5 Å². The quantitative estimate of drug-likeness (QED) is 0.455. The average Bonchev–Trinajstić information content (AvgIpc) is 3.05.